The molecule has 0 bridgehead atoms. The van der Waals surface area contributed by atoms with E-state index in [1.807, 2.05) is 57.2 Å². The molecule has 0 aliphatic rings. The van der Waals surface area contributed by atoms with Gasteiger partial charge in [0.1, 0.15) is 5.75 Å². The monoisotopic (exact) mass is 354 g/mol. The largest absolute Gasteiger partial charge is 0.493 e. The molecule has 0 unspecified atom stereocenters. The van der Waals surface area contributed by atoms with Crippen molar-refractivity contribution in [1.82, 2.24) is 5.32 Å². The van der Waals surface area contributed by atoms with Gasteiger partial charge in [-0.2, -0.15) is 0 Å². The lowest BCUT2D eigenvalue weighted by Gasteiger charge is -2.16. The van der Waals surface area contributed by atoms with Crippen molar-refractivity contribution in [2.45, 2.75) is 40.2 Å². The van der Waals surface area contributed by atoms with Crippen LogP contribution in [0.25, 0.3) is 0 Å². The molecule has 0 saturated heterocycles. The lowest BCUT2D eigenvalue weighted by Crippen LogP contribution is -2.28. The van der Waals surface area contributed by atoms with Crippen LogP contribution in [0.5, 0.6) is 5.75 Å². The van der Waals surface area contributed by atoms with E-state index in [0.29, 0.717) is 12.3 Å². The standard InChI is InChI=1S/C21H26N2O3/c1-14-8-9-20(15(2)12-14)26-11-10-21(25)22-16(3)18-6-5-7-19(13-18)23-17(4)24/h5-9,12-13,16H,10-11H2,1-4H3,(H,22,25)(H,23,24)/t16-/m0/s1. The minimum Gasteiger partial charge on any atom is -0.493 e. The van der Waals surface area contributed by atoms with Crippen molar-refractivity contribution in [3.8, 4) is 5.75 Å². The molecule has 0 saturated carbocycles. The van der Waals surface area contributed by atoms with Crippen molar-refractivity contribution in [1.29, 1.82) is 0 Å². The Morgan fingerprint density at radius 2 is 1.88 bits per heavy atom. The highest BCUT2D eigenvalue weighted by molar-refractivity contribution is 5.88. The Hall–Kier alpha value is -2.82. The van der Waals surface area contributed by atoms with Gasteiger partial charge in [0.25, 0.3) is 0 Å². The number of benzene rings is 2. The molecule has 0 aliphatic carbocycles. The van der Waals surface area contributed by atoms with Crippen molar-refractivity contribution in [3.63, 3.8) is 0 Å². The second-order valence-electron chi connectivity index (χ2n) is 6.46. The van der Waals surface area contributed by atoms with Crippen LogP contribution in [-0.2, 0) is 9.59 Å². The summed E-state index contributed by atoms with van der Waals surface area (Å²) in [5.41, 5.74) is 3.89. The Bertz CT molecular complexity index is 787. The topological polar surface area (TPSA) is 67.4 Å². The molecule has 0 aromatic heterocycles. The molecule has 0 aliphatic heterocycles. The third kappa shape index (κ3) is 5.92. The van der Waals surface area contributed by atoms with Crippen LogP contribution >= 0.6 is 0 Å². The predicted octanol–water partition coefficient (Wildman–Crippen LogP) is 3.91. The number of ether oxygens (including phenoxy) is 1. The van der Waals surface area contributed by atoms with E-state index in [1.165, 1.54) is 12.5 Å². The summed E-state index contributed by atoms with van der Waals surface area (Å²) >= 11 is 0. The van der Waals surface area contributed by atoms with Crippen LogP contribution in [0.1, 0.15) is 43.0 Å². The molecular formula is C21H26N2O3. The van der Waals surface area contributed by atoms with Gasteiger partial charge in [-0.1, -0.05) is 29.8 Å². The summed E-state index contributed by atoms with van der Waals surface area (Å²) in [6, 6.07) is 13.3. The molecule has 0 spiro atoms. The van der Waals surface area contributed by atoms with Gasteiger partial charge in [-0.15, -0.1) is 0 Å². The summed E-state index contributed by atoms with van der Waals surface area (Å²) in [5, 5.41) is 5.70. The smallest absolute Gasteiger partial charge is 0.223 e. The van der Waals surface area contributed by atoms with Crippen LogP contribution in [0, 0.1) is 13.8 Å². The van der Waals surface area contributed by atoms with Gasteiger partial charge in [-0.3, -0.25) is 9.59 Å². The summed E-state index contributed by atoms with van der Waals surface area (Å²) in [6.07, 6.45) is 0.281. The zero-order valence-electron chi connectivity index (χ0n) is 15.8. The van der Waals surface area contributed by atoms with Crippen molar-refractivity contribution >= 4 is 17.5 Å². The van der Waals surface area contributed by atoms with E-state index in [-0.39, 0.29) is 24.3 Å². The SMILES string of the molecule is CC(=O)Nc1cccc([C@H](C)NC(=O)CCOc2ccc(C)cc2C)c1. The van der Waals surface area contributed by atoms with E-state index in [2.05, 4.69) is 16.7 Å². The minimum absolute atomic E-state index is 0.0767. The van der Waals surface area contributed by atoms with Crippen LogP contribution in [0.4, 0.5) is 5.69 Å². The molecule has 5 nitrogen and oxygen atoms in total. The highest BCUT2D eigenvalue weighted by Gasteiger charge is 2.11. The first-order chi connectivity index (χ1) is 12.3. The average molecular weight is 354 g/mol. The normalized spacial score (nSPS) is 11.5. The second-order valence-corrected chi connectivity index (χ2v) is 6.46. The van der Waals surface area contributed by atoms with Crippen molar-refractivity contribution < 1.29 is 14.3 Å². The predicted molar refractivity (Wildman–Crippen MR) is 103 cm³/mol. The molecule has 5 heteroatoms. The van der Waals surface area contributed by atoms with Gasteiger partial charge in [-0.25, -0.2) is 0 Å². The molecule has 26 heavy (non-hydrogen) atoms. The van der Waals surface area contributed by atoms with Crippen LogP contribution < -0.4 is 15.4 Å². The summed E-state index contributed by atoms with van der Waals surface area (Å²) in [6.45, 7) is 7.73. The van der Waals surface area contributed by atoms with Crippen molar-refractivity contribution in [2.24, 2.45) is 0 Å². The summed E-state index contributed by atoms with van der Waals surface area (Å²) in [4.78, 5) is 23.3. The van der Waals surface area contributed by atoms with Crippen LogP contribution in [0.2, 0.25) is 0 Å². The van der Waals surface area contributed by atoms with Crippen LogP contribution in [-0.4, -0.2) is 18.4 Å². The third-order valence-corrected chi connectivity index (χ3v) is 4.00. The zero-order chi connectivity index (χ0) is 19.1. The molecule has 2 rings (SSSR count). The van der Waals surface area contributed by atoms with E-state index >= 15 is 0 Å². The molecular weight excluding hydrogens is 328 g/mol. The van der Waals surface area contributed by atoms with E-state index in [0.717, 1.165) is 16.9 Å². The number of amides is 2. The van der Waals surface area contributed by atoms with Crippen LogP contribution in [0.3, 0.4) is 0 Å². The number of nitrogens with one attached hydrogen (secondary N) is 2. The quantitative estimate of drug-likeness (QED) is 0.792. The number of anilines is 1. The van der Waals surface area contributed by atoms with E-state index < -0.39 is 0 Å². The lowest BCUT2D eigenvalue weighted by molar-refractivity contribution is -0.122. The first-order valence-corrected chi connectivity index (χ1v) is 8.72. The fourth-order valence-electron chi connectivity index (χ4n) is 2.70. The molecule has 1 atom stereocenters. The Kier molecular flexibility index (Phi) is 6.78. The van der Waals surface area contributed by atoms with Gasteiger partial charge < -0.3 is 15.4 Å². The molecule has 0 fully saturated rings. The molecule has 2 N–H and O–H groups in total. The number of rotatable bonds is 7. The van der Waals surface area contributed by atoms with Gasteiger partial charge in [0.2, 0.25) is 11.8 Å². The highest BCUT2D eigenvalue weighted by Crippen LogP contribution is 2.19. The third-order valence-electron chi connectivity index (χ3n) is 4.00. The van der Waals surface area contributed by atoms with Crippen molar-refractivity contribution in [3.05, 3.63) is 59.2 Å². The molecule has 138 valence electrons. The minimum atomic E-state index is -0.155. The average Bonchev–Trinajstić information content (AvgIpc) is 2.56. The summed E-state index contributed by atoms with van der Waals surface area (Å²) in [5.74, 6) is 0.606. The zero-order valence-corrected chi connectivity index (χ0v) is 15.8. The summed E-state index contributed by atoms with van der Waals surface area (Å²) < 4.78 is 5.70. The Balaban J connectivity index is 1.84. The number of hydrogen-bond acceptors (Lipinski definition) is 3. The number of hydrogen-bond donors (Lipinski definition) is 2. The van der Waals surface area contributed by atoms with Gasteiger partial charge in [0, 0.05) is 12.6 Å². The van der Waals surface area contributed by atoms with Gasteiger partial charge >= 0.3 is 0 Å². The Labute approximate surface area is 154 Å². The molecule has 0 radical (unpaired) electrons. The maximum atomic E-state index is 12.2. The Morgan fingerprint density at radius 1 is 1.12 bits per heavy atom. The van der Waals surface area contributed by atoms with Gasteiger partial charge in [0.15, 0.2) is 0 Å². The molecule has 2 amide bonds. The summed E-state index contributed by atoms with van der Waals surface area (Å²) in [7, 11) is 0. The number of carbonyl (C=O) groups is 2. The lowest BCUT2D eigenvalue weighted by atomic mass is 10.1. The molecule has 2 aromatic rings. The van der Waals surface area contributed by atoms with E-state index in [9.17, 15) is 9.59 Å². The van der Waals surface area contributed by atoms with Crippen LogP contribution in [0.15, 0.2) is 42.5 Å². The van der Waals surface area contributed by atoms with E-state index in [1.54, 1.807) is 0 Å². The molecule has 2 aromatic carbocycles. The Morgan fingerprint density at radius 3 is 2.58 bits per heavy atom. The molecule has 0 heterocycles. The number of carbonyl (C=O) groups excluding carboxylic acids is 2. The van der Waals surface area contributed by atoms with Gasteiger partial charge in [0.05, 0.1) is 19.1 Å². The highest BCUT2D eigenvalue weighted by atomic mass is 16.5. The van der Waals surface area contributed by atoms with E-state index in [4.69, 9.17) is 4.74 Å². The maximum absolute atomic E-state index is 12.2. The van der Waals surface area contributed by atoms with Crippen molar-refractivity contribution in [2.75, 3.05) is 11.9 Å². The maximum Gasteiger partial charge on any atom is 0.223 e. The van der Waals surface area contributed by atoms with Gasteiger partial charge in [-0.05, 0) is 50.1 Å². The second kappa shape index (κ2) is 9.04. The fourth-order valence-corrected chi connectivity index (χ4v) is 2.70. The number of aryl methyl sites for hydroxylation is 2. The first kappa shape index (κ1) is 19.5. The fraction of sp³-hybridized carbons (Fsp3) is 0.333. The first-order valence-electron chi connectivity index (χ1n) is 8.72.